The van der Waals surface area contributed by atoms with E-state index in [0.717, 1.165) is 0 Å². The summed E-state index contributed by atoms with van der Waals surface area (Å²) in [5, 5.41) is 0. The van der Waals surface area contributed by atoms with Crippen LogP contribution in [0.25, 0.3) is 0 Å². The summed E-state index contributed by atoms with van der Waals surface area (Å²) in [7, 11) is 0. The molecular formula is C28H46O7. The fourth-order valence-corrected chi connectivity index (χ4v) is 4.42. The topological polar surface area (TPSA) is 80.3 Å². The van der Waals surface area contributed by atoms with Gasteiger partial charge in [-0.05, 0) is 13.8 Å². The summed E-state index contributed by atoms with van der Waals surface area (Å²) in [6.45, 7) is 27.3. The van der Waals surface area contributed by atoms with Crippen molar-refractivity contribution in [1.82, 2.24) is 0 Å². The molecule has 0 fully saturated rings. The molecule has 2 aliphatic rings. The molecule has 0 aliphatic carbocycles. The van der Waals surface area contributed by atoms with Crippen LogP contribution in [0.3, 0.4) is 0 Å². The lowest BCUT2D eigenvalue weighted by atomic mass is 9.69. The van der Waals surface area contributed by atoms with Crippen LogP contribution in [0, 0.1) is 21.7 Å². The van der Waals surface area contributed by atoms with Gasteiger partial charge in [-0.1, -0.05) is 83.1 Å². The first-order valence-electron chi connectivity index (χ1n) is 12.5. The van der Waals surface area contributed by atoms with Crippen molar-refractivity contribution >= 4 is 11.9 Å². The Kier molecular flexibility index (Phi) is 7.36. The van der Waals surface area contributed by atoms with Crippen LogP contribution in [-0.2, 0) is 33.3 Å². The van der Waals surface area contributed by atoms with Crippen LogP contribution in [0.1, 0.15) is 96.9 Å². The molecule has 7 heteroatoms. The van der Waals surface area contributed by atoms with Gasteiger partial charge < -0.3 is 18.9 Å². The highest BCUT2D eigenvalue weighted by Crippen LogP contribution is 2.63. The highest BCUT2D eigenvalue weighted by molar-refractivity contribution is 5.94. The second kappa shape index (κ2) is 8.82. The summed E-state index contributed by atoms with van der Waals surface area (Å²) in [5.74, 6) is -3.56. The van der Waals surface area contributed by atoms with Crippen molar-refractivity contribution in [3.63, 3.8) is 0 Å². The van der Waals surface area contributed by atoms with Crippen molar-refractivity contribution in [2.24, 2.45) is 21.7 Å². The lowest BCUT2D eigenvalue weighted by Gasteiger charge is -2.61. The van der Waals surface area contributed by atoms with E-state index in [2.05, 4.69) is 0 Å². The third-order valence-corrected chi connectivity index (χ3v) is 6.19. The molecule has 2 rings (SSSR count). The first-order chi connectivity index (χ1) is 15.6. The molecule has 0 spiro atoms. The molecule has 35 heavy (non-hydrogen) atoms. The smallest absolute Gasteiger partial charge is 0.344 e. The average molecular weight is 495 g/mol. The van der Waals surface area contributed by atoms with Crippen LogP contribution in [-0.4, -0.2) is 36.7 Å². The maximum atomic E-state index is 13.6. The van der Waals surface area contributed by atoms with Crippen molar-refractivity contribution in [2.45, 2.75) is 109 Å². The Labute approximate surface area is 211 Å². The highest BCUT2D eigenvalue weighted by Gasteiger charge is 2.72. The highest BCUT2D eigenvalue weighted by atomic mass is 16.8. The Morgan fingerprint density at radius 2 is 0.914 bits per heavy atom. The molecule has 2 aliphatic heterocycles. The van der Waals surface area contributed by atoms with Gasteiger partial charge in [0.1, 0.15) is 22.7 Å². The Bertz CT molecular complexity index is 852. The molecule has 0 amide bonds. The maximum Gasteiger partial charge on any atom is 0.344 e. The molecule has 200 valence electrons. The normalized spacial score (nSPS) is 25.7. The molecular weight excluding hydrogens is 448 g/mol. The number of ether oxygens (including phenoxy) is 5. The molecule has 0 saturated heterocycles. The average Bonchev–Trinajstić information content (AvgIpc) is 2.64. The van der Waals surface area contributed by atoms with Crippen LogP contribution in [0.15, 0.2) is 22.7 Å². The van der Waals surface area contributed by atoms with Gasteiger partial charge in [0, 0.05) is 21.7 Å². The zero-order chi connectivity index (χ0) is 27.4. The Hall–Kier alpha value is -2.02. The van der Waals surface area contributed by atoms with Gasteiger partial charge in [0.2, 0.25) is 0 Å². The molecule has 0 aromatic carbocycles. The van der Waals surface area contributed by atoms with E-state index in [1.807, 2.05) is 83.1 Å². The lowest BCUT2D eigenvalue weighted by Crippen LogP contribution is -2.69. The molecule has 0 aromatic heterocycles. The second-order valence-electron chi connectivity index (χ2n) is 13.4. The summed E-state index contributed by atoms with van der Waals surface area (Å²) in [6.07, 6.45) is 0. The van der Waals surface area contributed by atoms with Crippen LogP contribution in [0.5, 0.6) is 0 Å². The van der Waals surface area contributed by atoms with E-state index in [9.17, 15) is 9.59 Å². The first kappa shape index (κ1) is 29.2. The fourth-order valence-electron chi connectivity index (χ4n) is 4.42. The van der Waals surface area contributed by atoms with Crippen LogP contribution < -0.4 is 0 Å². The summed E-state index contributed by atoms with van der Waals surface area (Å²) in [5.41, 5.74) is -2.43. The molecule has 2 atom stereocenters. The van der Waals surface area contributed by atoms with Gasteiger partial charge in [-0.25, -0.2) is 9.59 Å². The quantitative estimate of drug-likeness (QED) is 0.426. The van der Waals surface area contributed by atoms with Gasteiger partial charge in [-0.2, -0.15) is 0 Å². The Morgan fingerprint density at radius 1 is 0.629 bits per heavy atom. The number of hydrogen-bond donors (Lipinski definition) is 0. The van der Waals surface area contributed by atoms with E-state index in [1.165, 1.54) is 0 Å². The van der Waals surface area contributed by atoms with E-state index < -0.39 is 45.2 Å². The largest absolute Gasteiger partial charge is 0.462 e. The van der Waals surface area contributed by atoms with Crippen LogP contribution >= 0.6 is 0 Å². The summed E-state index contributed by atoms with van der Waals surface area (Å²) in [4.78, 5) is 27.2. The van der Waals surface area contributed by atoms with Crippen LogP contribution in [0.4, 0.5) is 0 Å². The zero-order valence-corrected chi connectivity index (χ0v) is 24.3. The number of carbonyl (C=O) groups is 2. The predicted molar refractivity (Wildman–Crippen MR) is 134 cm³/mol. The molecule has 0 N–H and O–H groups in total. The maximum absolute atomic E-state index is 13.6. The number of rotatable bonds is 4. The number of carbonyl (C=O) groups excluding carboxylic acids is 2. The van der Waals surface area contributed by atoms with Crippen molar-refractivity contribution in [2.75, 3.05) is 13.2 Å². The standard InChI is InChI=1S/C28H46O7/c1-15-31-21(29)17-19(23(3,4)5)33-28(26(12,13)14)18(22(30)32-16-2)20(24(6,7)8)34-27(17,35-28)25(9,10)11/h15-16H2,1-14H3. The third kappa shape index (κ3) is 4.73. The molecule has 7 nitrogen and oxygen atoms in total. The van der Waals surface area contributed by atoms with E-state index >= 15 is 0 Å². The van der Waals surface area contributed by atoms with E-state index in [1.54, 1.807) is 13.8 Å². The number of fused-ring (bicyclic) bond motifs is 2. The van der Waals surface area contributed by atoms with Gasteiger partial charge >= 0.3 is 11.9 Å². The van der Waals surface area contributed by atoms with Crippen molar-refractivity contribution < 1.29 is 33.3 Å². The van der Waals surface area contributed by atoms with E-state index in [4.69, 9.17) is 23.7 Å². The van der Waals surface area contributed by atoms with Crippen molar-refractivity contribution in [1.29, 1.82) is 0 Å². The molecule has 2 bridgehead atoms. The predicted octanol–water partition coefficient (Wildman–Crippen LogP) is 6.27. The number of esters is 2. The van der Waals surface area contributed by atoms with Crippen molar-refractivity contribution in [3.8, 4) is 0 Å². The minimum atomic E-state index is -1.59. The molecule has 2 unspecified atom stereocenters. The third-order valence-electron chi connectivity index (χ3n) is 6.19. The fraction of sp³-hybridized carbons (Fsp3) is 0.786. The zero-order valence-electron chi connectivity index (χ0n) is 24.3. The summed E-state index contributed by atoms with van der Waals surface area (Å²) < 4.78 is 31.5. The van der Waals surface area contributed by atoms with E-state index in [0.29, 0.717) is 11.5 Å². The SMILES string of the molecule is CCOC(=O)C1=C(C(C)(C)C)OC2(C(C)(C)C)OC1(C(C)(C)C)OC(C(C)(C)C)=C2C(=O)OCC. The van der Waals surface area contributed by atoms with Crippen LogP contribution in [0.2, 0.25) is 0 Å². The molecule has 0 radical (unpaired) electrons. The number of allylic oxidation sites excluding steroid dienone is 2. The number of hydrogen-bond acceptors (Lipinski definition) is 7. The Balaban J connectivity index is 3.20. The van der Waals surface area contributed by atoms with Gasteiger partial charge in [0.25, 0.3) is 11.6 Å². The van der Waals surface area contributed by atoms with E-state index in [-0.39, 0.29) is 24.4 Å². The Morgan fingerprint density at radius 3 is 1.11 bits per heavy atom. The van der Waals surface area contributed by atoms with Gasteiger partial charge in [-0.3, -0.25) is 4.74 Å². The minimum absolute atomic E-state index is 0.181. The van der Waals surface area contributed by atoms with Gasteiger partial charge in [-0.15, -0.1) is 0 Å². The molecule has 0 saturated carbocycles. The van der Waals surface area contributed by atoms with Gasteiger partial charge in [0.05, 0.1) is 13.2 Å². The lowest BCUT2D eigenvalue weighted by molar-refractivity contribution is -0.404. The molecule has 0 aromatic rings. The molecule has 2 heterocycles. The first-order valence-corrected chi connectivity index (χ1v) is 12.5. The monoisotopic (exact) mass is 494 g/mol. The summed E-state index contributed by atoms with van der Waals surface area (Å²) >= 11 is 0. The van der Waals surface area contributed by atoms with Crippen molar-refractivity contribution in [3.05, 3.63) is 22.7 Å². The minimum Gasteiger partial charge on any atom is -0.462 e. The second-order valence-corrected chi connectivity index (χ2v) is 13.4. The van der Waals surface area contributed by atoms with Gasteiger partial charge in [0.15, 0.2) is 0 Å². The summed E-state index contributed by atoms with van der Waals surface area (Å²) in [6, 6.07) is 0.